The van der Waals surface area contributed by atoms with E-state index in [1.165, 1.54) is 11.8 Å². The van der Waals surface area contributed by atoms with Crippen molar-refractivity contribution in [2.75, 3.05) is 11.1 Å². The first-order chi connectivity index (χ1) is 11.2. The number of carbonyl (C=O) groups excluding carboxylic acids is 1. The van der Waals surface area contributed by atoms with Crippen molar-refractivity contribution in [3.8, 4) is 11.3 Å². The number of pyridine rings is 1. The highest BCUT2D eigenvalue weighted by Gasteiger charge is 2.08. The number of aromatic nitrogens is 3. The molecule has 0 atom stereocenters. The predicted octanol–water partition coefficient (Wildman–Crippen LogP) is 3.97. The number of hydrogen-bond acceptors (Lipinski definition) is 4. The van der Waals surface area contributed by atoms with Crippen LogP contribution < -0.4 is 5.32 Å². The first-order valence-electron chi connectivity index (χ1n) is 6.85. The van der Waals surface area contributed by atoms with E-state index in [4.69, 9.17) is 0 Å². The number of hydrogen-bond donors (Lipinski definition) is 2. The Morgan fingerprint density at radius 1 is 1.13 bits per heavy atom. The molecule has 0 aliphatic rings. The van der Waals surface area contributed by atoms with E-state index >= 15 is 0 Å². The van der Waals surface area contributed by atoms with Gasteiger partial charge in [-0.1, -0.05) is 42.1 Å². The number of carbonyl (C=O) groups is 1. The molecule has 0 aliphatic heterocycles. The number of benzene rings is 1. The standard InChI is InChI=1S/C16H13BrN4OS/c17-12-6-7-14(18-8-12)21-15(22)10-23-16-19-9-13(20-16)11-4-2-1-3-5-11/h1-9H,10H2,(H,19,20)(H,18,21,22). The van der Waals surface area contributed by atoms with Gasteiger partial charge in [-0.15, -0.1) is 0 Å². The molecule has 1 aromatic carbocycles. The molecule has 5 nitrogen and oxygen atoms in total. The van der Waals surface area contributed by atoms with Crippen molar-refractivity contribution < 1.29 is 4.79 Å². The second-order valence-electron chi connectivity index (χ2n) is 4.67. The van der Waals surface area contributed by atoms with Crippen LogP contribution in [0.3, 0.4) is 0 Å². The summed E-state index contributed by atoms with van der Waals surface area (Å²) in [6.07, 6.45) is 3.41. The minimum Gasteiger partial charge on any atom is -0.333 e. The molecule has 0 aliphatic carbocycles. The van der Waals surface area contributed by atoms with Crippen LogP contribution in [0.2, 0.25) is 0 Å². The lowest BCUT2D eigenvalue weighted by atomic mass is 10.2. The molecule has 0 fully saturated rings. The number of aromatic amines is 1. The van der Waals surface area contributed by atoms with Crippen LogP contribution in [-0.2, 0) is 4.79 Å². The Morgan fingerprint density at radius 2 is 1.96 bits per heavy atom. The van der Waals surface area contributed by atoms with E-state index in [0.29, 0.717) is 11.0 Å². The van der Waals surface area contributed by atoms with E-state index < -0.39 is 0 Å². The second kappa shape index (κ2) is 7.43. The van der Waals surface area contributed by atoms with Crippen LogP contribution >= 0.6 is 27.7 Å². The minimum atomic E-state index is -0.123. The van der Waals surface area contributed by atoms with E-state index in [1.807, 2.05) is 36.4 Å². The summed E-state index contributed by atoms with van der Waals surface area (Å²) in [7, 11) is 0. The highest BCUT2D eigenvalue weighted by atomic mass is 79.9. The zero-order chi connectivity index (χ0) is 16.1. The molecule has 7 heteroatoms. The van der Waals surface area contributed by atoms with Gasteiger partial charge in [-0.2, -0.15) is 0 Å². The fourth-order valence-corrected chi connectivity index (χ4v) is 2.79. The molecule has 1 amide bonds. The van der Waals surface area contributed by atoms with Crippen molar-refractivity contribution in [3.63, 3.8) is 0 Å². The predicted molar refractivity (Wildman–Crippen MR) is 95.3 cm³/mol. The minimum absolute atomic E-state index is 0.123. The third-order valence-corrected chi connectivity index (χ3v) is 4.33. The van der Waals surface area contributed by atoms with Crippen LogP contribution in [0.1, 0.15) is 0 Å². The summed E-state index contributed by atoms with van der Waals surface area (Å²) in [6, 6.07) is 13.5. The molecular weight excluding hydrogens is 376 g/mol. The fourth-order valence-electron chi connectivity index (χ4n) is 1.90. The Morgan fingerprint density at radius 3 is 2.70 bits per heavy atom. The molecule has 3 rings (SSSR count). The van der Waals surface area contributed by atoms with E-state index in [-0.39, 0.29) is 11.7 Å². The number of amides is 1. The average molecular weight is 389 g/mol. The molecule has 116 valence electrons. The number of nitrogens with one attached hydrogen (secondary N) is 2. The van der Waals surface area contributed by atoms with Gasteiger partial charge in [0.25, 0.3) is 0 Å². The normalized spacial score (nSPS) is 10.5. The lowest BCUT2D eigenvalue weighted by molar-refractivity contribution is -0.113. The smallest absolute Gasteiger partial charge is 0.236 e. The topological polar surface area (TPSA) is 70.7 Å². The zero-order valence-corrected chi connectivity index (χ0v) is 14.4. The molecule has 0 unspecified atom stereocenters. The largest absolute Gasteiger partial charge is 0.333 e. The van der Waals surface area contributed by atoms with Gasteiger partial charge in [0.1, 0.15) is 5.82 Å². The number of halogens is 1. The van der Waals surface area contributed by atoms with Gasteiger partial charge < -0.3 is 10.3 Å². The van der Waals surface area contributed by atoms with E-state index in [0.717, 1.165) is 15.7 Å². The van der Waals surface area contributed by atoms with Gasteiger partial charge >= 0.3 is 0 Å². The molecule has 2 heterocycles. The van der Waals surface area contributed by atoms with Crippen molar-refractivity contribution in [2.45, 2.75) is 5.16 Å². The summed E-state index contributed by atoms with van der Waals surface area (Å²) >= 11 is 4.65. The Kier molecular flexibility index (Phi) is 5.09. The Bertz CT molecular complexity index is 789. The lowest BCUT2D eigenvalue weighted by Crippen LogP contribution is -2.14. The summed E-state index contributed by atoms with van der Waals surface area (Å²) in [6.45, 7) is 0. The van der Waals surface area contributed by atoms with Gasteiger partial charge in [0, 0.05) is 10.7 Å². The maximum absolute atomic E-state index is 11.9. The van der Waals surface area contributed by atoms with Gasteiger partial charge in [0.15, 0.2) is 5.16 Å². The van der Waals surface area contributed by atoms with Crippen LogP contribution in [0, 0.1) is 0 Å². The summed E-state index contributed by atoms with van der Waals surface area (Å²) in [4.78, 5) is 23.5. The van der Waals surface area contributed by atoms with Crippen LogP contribution in [0.15, 0.2) is 64.5 Å². The maximum Gasteiger partial charge on any atom is 0.236 e. The van der Waals surface area contributed by atoms with Crippen LogP contribution in [-0.4, -0.2) is 26.6 Å². The number of thioether (sulfide) groups is 1. The molecule has 23 heavy (non-hydrogen) atoms. The zero-order valence-electron chi connectivity index (χ0n) is 12.0. The van der Waals surface area contributed by atoms with Crippen molar-refractivity contribution in [3.05, 3.63) is 59.3 Å². The fraction of sp³-hybridized carbons (Fsp3) is 0.0625. The van der Waals surface area contributed by atoms with Crippen molar-refractivity contribution >= 4 is 39.4 Å². The summed E-state index contributed by atoms with van der Waals surface area (Å²) < 4.78 is 0.869. The number of H-pyrrole nitrogens is 1. The molecule has 0 saturated heterocycles. The average Bonchev–Trinajstić information content (AvgIpc) is 3.05. The third kappa shape index (κ3) is 4.43. The van der Waals surface area contributed by atoms with Crippen molar-refractivity contribution in [2.24, 2.45) is 0 Å². The first kappa shape index (κ1) is 15.8. The Hall–Kier alpha value is -2.12. The summed E-state index contributed by atoms with van der Waals surface area (Å²) in [5.74, 6) is 0.671. The van der Waals surface area contributed by atoms with Crippen LogP contribution in [0.4, 0.5) is 5.82 Å². The number of imidazole rings is 1. The SMILES string of the molecule is O=C(CSc1ncc(-c2ccccc2)[nH]1)Nc1ccc(Br)cn1. The quantitative estimate of drug-likeness (QED) is 0.648. The molecule has 2 aromatic heterocycles. The van der Waals surface area contributed by atoms with Crippen LogP contribution in [0.5, 0.6) is 0 Å². The lowest BCUT2D eigenvalue weighted by Gasteiger charge is -2.03. The maximum atomic E-state index is 11.9. The Balaban J connectivity index is 1.55. The molecule has 0 bridgehead atoms. The first-order valence-corrected chi connectivity index (χ1v) is 8.63. The van der Waals surface area contributed by atoms with Crippen molar-refractivity contribution in [1.29, 1.82) is 0 Å². The van der Waals surface area contributed by atoms with Gasteiger partial charge in [-0.25, -0.2) is 9.97 Å². The van der Waals surface area contributed by atoms with Gasteiger partial charge in [-0.3, -0.25) is 4.79 Å². The highest BCUT2D eigenvalue weighted by molar-refractivity contribution is 9.10. The third-order valence-electron chi connectivity index (χ3n) is 2.97. The van der Waals surface area contributed by atoms with Crippen molar-refractivity contribution in [1.82, 2.24) is 15.0 Å². The van der Waals surface area contributed by atoms with E-state index in [9.17, 15) is 4.79 Å². The van der Waals surface area contributed by atoms with E-state index in [1.54, 1.807) is 18.5 Å². The molecule has 0 radical (unpaired) electrons. The van der Waals surface area contributed by atoms with Gasteiger partial charge in [0.2, 0.25) is 5.91 Å². The Labute approximate surface area is 146 Å². The number of nitrogens with zero attached hydrogens (tertiary/aromatic N) is 2. The van der Waals surface area contributed by atoms with Crippen LogP contribution in [0.25, 0.3) is 11.3 Å². The molecule has 0 saturated carbocycles. The molecular formula is C16H13BrN4OS. The summed E-state index contributed by atoms with van der Waals surface area (Å²) in [5.41, 5.74) is 2.00. The number of anilines is 1. The summed E-state index contributed by atoms with van der Waals surface area (Å²) in [5, 5.41) is 3.46. The monoisotopic (exact) mass is 388 g/mol. The molecule has 2 N–H and O–H groups in total. The second-order valence-corrected chi connectivity index (χ2v) is 6.55. The number of rotatable bonds is 5. The molecule has 3 aromatic rings. The van der Waals surface area contributed by atoms with Gasteiger partial charge in [0.05, 0.1) is 17.6 Å². The molecule has 0 spiro atoms. The van der Waals surface area contributed by atoms with Gasteiger partial charge in [-0.05, 0) is 33.6 Å². The highest BCUT2D eigenvalue weighted by Crippen LogP contribution is 2.21. The van der Waals surface area contributed by atoms with E-state index in [2.05, 4.69) is 36.2 Å².